The van der Waals surface area contributed by atoms with Crippen LogP contribution in [0.4, 0.5) is 5.69 Å². The van der Waals surface area contributed by atoms with Gasteiger partial charge in [-0.15, -0.1) is 10.2 Å². The number of hydrogen-bond donors (Lipinski definition) is 1. The number of nitrogens with zero attached hydrogens (tertiary/aromatic N) is 3. The maximum atomic E-state index is 12.2. The van der Waals surface area contributed by atoms with Crippen molar-refractivity contribution in [3.63, 3.8) is 0 Å². The zero-order valence-electron chi connectivity index (χ0n) is 15.0. The van der Waals surface area contributed by atoms with Crippen LogP contribution in [0, 0.1) is 0 Å². The summed E-state index contributed by atoms with van der Waals surface area (Å²) in [5.41, 5.74) is 2.36. The van der Waals surface area contributed by atoms with E-state index >= 15 is 0 Å². The summed E-state index contributed by atoms with van der Waals surface area (Å²) >= 11 is 1.73. The number of carbonyl (C=O) groups excluding carboxylic acids is 1. The van der Waals surface area contributed by atoms with Gasteiger partial charge in [0, 0.05) is 29.6 Å². The molecule has 0 saturated heterocycles. The molecule has 1 heterocycles. The van der Waals surface area contributed by atoms with Crippen LogP contribution in [0.3, 0.4) is 0 Å². The van der Waals surface area contributed by atoms with Gasteiger partial charge in [0.15, 0.2) is 11.0 Å². The molecule has 2 aromatic carbocycles. The summed E-state index contributed by atoms with van der Waals surface area (Å²) in [5, 5.41) is 12.4. The number of amides is 1. The Balaban J connectivity index is 1.69. The van der Waals surface area contributed by atoms with Crippen molar-refractivity contribution < 1.29 is 4.79 Å². The fourth-order valence-electron chi connectivity index (χ4n) is 2.50. The molecule has 3 aromatic rings. The quantitative estimate of drug-likeness (QED) is 0.489. The van der Waals surface area contributed by atoms with Crippen LogP contribution in [0.15, 0.2) is 59.8 Å². The van der Waals surface area contributed by atoms with Gasteiger partial charge in [-0.2, -0.15) is 0 Å². The van der Waals surface area contributed by atoms with Crippen LogP contribution < -0.4 is 5.32 Å². The van der Waals surface area contributed by atoms with E-state index in [-0.39, 0.29) is 5.91 Å². The van der Waals surface area contributed by atoms with Crippen molar-refractivity contribution >= 4 is 23.4 Å². The maximum Gasteiger partial charge on any atom is 0.255 e. The van der Waals surface area contributed by atoms with E-state index < -0.39 is 0 Å². The molecular weight excluding hydrogens is 344 g/mol. The highest BCUT2D eigenvalue weighted by atomic mass is 32.2. The first-order valence-electron chi connectivity index (χ1n) is 8.68. The molecule has 3 rings (SSSR count). The Labute approximate surface area is 157 Å². The van der Waals surface area contributed by atoms with Crippen LogP contribution >= 0.6 is 11.8 Å². The van der Waals surface area contributed by atoms with Crippen LogP contribution in [0.25, 0.3) is 11.4 Å². The summed E-state index contributed by atoms with van der Waals surface area (Å²) in [6.07, 6.45) is 2.34. The predicted molar refractivity (Wildman–Crippen MR) is 106 cm³/mol. The molecule has 0 atom stereocenters. The topological polar surface area (TPSA) is 59.8 Å². The summed E-state index contributed by atoms with van der Waals surface area (Å²) in [6.45, 7) is 2.18. The highest BCUT2D eigenvalue weighted by Crippen LogP contribution is 2.24. The lowest BCUT2D eigenvalue weighted by atomic mass is 10.1. The molecule has 26 heavy (non-hydrogen) atoms. The molecule has 0 aliphatic carbocycles. The zero-order valence-corrected chi connectivity index (χ0v) is 15.8. The van der Waals surface area contributed by atoms with E-state index in [1.54, 1.807) is 23.9 Å². The summed E-state index contributed by atoms with van der Waals surface area (Å²) < 4.78 is 2.01. The number of anilines is 1. The van der Waals surface area contributed by atoms with Crippen LogP contribution in [-0.4, -0.2) is 26.4 Å². The van der Waals surface area contributed by atoms with E-state index in [1.165, 1.54) is 12.8 Å². The van der Waals surface area contributed by atoms with Crippen molar-refractivity contribution in [2.24, 2.45) is 7.05 Å². The van der Waals surface area contributed by atoms with Gasteiger partial charge in [-0.3, -0.25) is 4.79 Å². The van der Waals surface area contributed by atoms with Crippen molar-refractivity contribution in [2.75, 3.05) is 11.1 Å². The van der Waals surface area contributed by atoms with E-state index in [1.807, 2.05) is 54.1 Å². The monoisotopic (exact) mass is 366 g/mol. The molecule has 134 valence electrons. The van der Waals surface area contributed by atoms with E-state index in [2.05, 4.69) is 22.4 Å². The van der Waals surface area contributed by atoms with Crippen LogP contribution in [-0.2, 0) is 7.05 Å². The second kappa shape index (κ2) is 8.67. The predicted octanol–water partition coefficient (Wildman–Crippen LogP) is 4.63. The minimum Gasteiger partial charge on any atom is -0.322 e. The molecule has 6 heteroatoms. The maximum absolute atomic E-state index is 12.2. The van der Waals surface area contributed by atoms with Crippen molar-refractivity contribution in [3.05, 3.63) is 60.2 Å². The molecule has 1 amide bonds. The average Bonchev–Trinajstić information content (AvgIpc) is 3.04. The summed E-state index contributed by atoms with van der Waals surface area (Å²) in [5.74, 6) is 1.75. The number of unbranched alkanes of at least 4 members (excludes halogenated alkanes) is 1. The average molecular weight is 366 g/mol. The fraction of sp³-hybridized carbons (Fsp3) is 0.250. The molecular formula is C20H22N4OS. The second-order valence-corrected chi connectivity index (χ2v) is 7.03. The first kappa shape index (κ1) is 18.2. The molecule has 0 saturated carbocycles. The van der Waals surface area contributed by atoms with Gasteiger partial charge in [-0.25, -0.2) is 0 Å². The zero-order chi connectivity index (χ0) is 18.4. The number of aromatic nitrogens is 3. The van der Waals surface area contributed by atoms with Gasteiger partial charge in [-0.1, -0.05) is 43.3 Å². The van der Waals surface area contributed by atoms with Gasteiger partial charge in [0.05, 0.1) is 0 Å². The number of carbonyl (C=O) groups is 1. The van der Waals surface area contributed by atoms with Crippen molar-refractivity contribution in [3.8, 4) is 11.4 Å². The summed E-state index contributed by atoms with van der Waals surface area (Å²) in [7, 11) is 1.98. The Morgan fingerprint density at radius 3 is 2.50 bits per heavy atom. The standard InChI is InChI=1S/C20H22N4OS/c1-3-4-14-26-20-23-22-18(24(20)2)15-10-12-17(13-11-15)21-19(25)16-8-6-5-7-9-16/h5-13H,3-4,14H2,1-2H3,(H,21,25). The van der Waals surface area contributed by atoms with Gasteiger partial charge < -0.3 is 9.88 Å². The Bertz CT molecular complexity index is 859. The molecule has 0 aliphatic heterocycles. The van der Waals surface area contributed by atoms with E-state index in [4.69, 9.17) is 0 Å². The second-order valence-electron chi connectivity index (χ2n) is 5.96. The van der Waals surface area contributed by atoms with Gasteiger partial charge in [0.1, 0.15) is 0 Å². The molecule has 0 bridgehead atoms. The van der Waals surface area contributed by atoms with Gasteiger partial charge >= 0.3 is 0 Å². The smallest absolute Gasteiger partial charge is 0.255 e. The normalized spacial score (nSPS) is 10.7. The van der Waals surface area contributed by atoms with Gasteiger partial charge in [0.2, 0.25) is 0 Å². The highest BCUT2D eigenvalue weighted by molar-refractivity contribution is 7.99. The molecule has 1 aromatic heterocycles. The van der Waals surface area contributed by atoms with Gasteiger partial charge in [0.25, 0.3) is 5.91 Å². The Kier molecular flexibility index (Phi) is 6.07. The molecule has 0 fully saturated rings. The number of thioether (sulfide) groups is 1. The lowest BCUT2D eigenvalue weighted by Gasteiger charge is -2.07. The molecule has 0 aliphatic rings. The van der Waals surface area contributed by atoms with E-state index in [0.29, 0.717) is 5.56 Å². The lowest BCUT2D eigenvalue weighted by Crippen LogP contribution is -2.11. The van der Waals surface area contributed by atoms with Crippen LogP contribution in [0.5, 0.6) is 0 Å². The minimum absolute atomic E-state index is 0.119. The van der Waals surface area contributed by atoms with Crippen molar-refractivity contribution in [1.29, 1.82) is 0 Å². The van der Waals surface area contributed by atoms with Crippen molar-refractivity contribution in [2.45, 2.75) is 24.9 Å². The Morgan fingerprint density at radius 1 is 1.08 bits per heavy atom. The molecule has 1 N–H and O–H groups in total. The minimum atomic E-state index is -0.119. The third-order valence-electron chi connectivity index (χ3n) is 4.00. The summed E-state index contributed by atoms with van der Waals surface area (Å²) in [4.78, 5) is 12.2. The highest BCUT2D eigenvalue weighted by Gasteiger charge is 2.11. The molecule has 5 nitrogen and oxygen atoms in total. The fourth-order valence-corrected chi connectivity index (χ4v) is 3.49. The third-order valence-corrected chi connectivity index (χ3v) is 5.11. The number of nitrogens with one attached hydrogen (secondary N) is 1. The summed E-state index contributed by atoms with van der Waals surface area (Å²) in [6, 6.07) is 16.8. The lowest BCUT2D eigenvalue weighted by molar-refractivity contribution is 0.102. The largest absolute Gasteiger partial charge is 0.322 e. The molecule has 0 radical (unpaired) electrons. The Morgan fingerprint density at radius 2 is 1.81 bits per heavy atom. The number of rotatable bonds is 7. The van der Waals surface area contributed by atoms with Crippen LogP contribution in [0.1, 0.15) is 30.1 Å². The molecule has 0 unspecified atom stereocenters. The third kappa shape index (κ3) is 4.32. The van der Waals surface area contributed by atoms with Crippen LogP contribution in [0.2, 0.25) is 0 Å². The van der Waals surface area contributed by atoms with Crippen molar-refractivity contribution in [1.82, 2.24) is 14.8 Å². The number of hydrogen-bond acceptors (Lipinski definition) is 4. The Hall–Kier alpha value is -2.60. The SMILES string of the molecule is CCCCSc1nnc(-c2ccc(NC(=O)c3ccccc3)cc2)n1C. The number of benzene rings is 2. The molecule has 0 spiro atoms. The van der Waals surface area contributed by atoms with Gasteiger partial charge in [-0.05, 0) is 42.8 Å². The van der Waals surface area contributed by atoms with E-state index in [9.17, 15) is 4.79 Å². The van der Waals surface area contributed by atoms with E-state index in [0.717, 1.165) is 28.0 Å². The first-order valence-corrected chi connectivity index (χ1v) is 9.66. The first-order chi connectivity index (χ1) is 12.7.